The molecule has 0 aliphatic heterocycles. The molecular weight excluding hydrogens is 161 g/mol. The summed E-state index contributed by atoms with van der Waals surface area (Å²) in [5, 5.41) is 8.54. The van der Waals surface area contributed by atoms with E-state index < -0.39 is 37.2 Å². The van der Waals surface area contributed by atoms with E-state index in [2.05, 4.69) is 4.99 Å². The first-order valence-electron chi connectivity index (χ1n) is 5.52. The first-order chi connectivity index (χ1) is 7.43. The van der Waals surface area contributed by atoms with Crippen molar-refractivity contribution in [2.75, 3.05) is 6.50 Å². The van der Waals surface area contributed by atoms with E-state index in [-0.39, 0.29) is 0 Å². The number of carbonyl (C=O) groups is 1. The largest absolute Gasteiger partial charge is 0.480 e. The van der Waals surface area contributed by atoms with Crippen LogP contribution >= 0.6 is 0 Å². The minimum absolute atomic E-state index is 0.713. The van der Waals surface area contributed by atoms with Crippen LogP contribution in [0.3, 0.4) is 0 Å². The summed E-state index contributed by atoms with van der Waals surface area (Å²) < 4.78 is 36.7. The van der Waals surface area contributed by atoms with Gasteiger partial charge < -0.3 is 22.3 Å². The predicted octanol–water partition coefficient (Wildman–Crippen LogP) is -1.55. The van der Waals surface area contributed by atoms with E-state index in [9.17, 15) is 4.79 Å². The van der Waals surface area contributed by atoms with Gasteiger partial charge in [0.1, 0.15) is 6.04 Å². The fourth-order valence-electron chi connectivity index (χ4n) is 0.295. The zero-order valence-corrected chi connectivity index (χ0v) is 6.19. The molecule has 0 rings (SSSR count). The van der Waals surface area contributed by atoms with E-state index >= 15 is 0 Å². The van der Waals surface area contributed by atoms with Crippen LogP contribution in [0.25, 0.3) is 0 Å². The summed E-state index contributed by atoms with van der Waals surface area (Å²) in [6.07, 6.45) is -5.03. The second-order valence-corrected chi connectivity index (χ2v) is 1.82. The number of rotatable bonds is 5. The summed E-state index contributed by atoms with van der Waals surface area (Å²) in [7, 11) is 0. The monoisotopic (exact) mass is 180 g/mol. The highest BCUT2D eigenvalue weighted by Gasteiger charge is 2.09. The van der Waals surface area contributed by atoms with E-state index in [0.717, 1.165) is 0 Å². The lowest BCUT2D eigenvalue weighted by molar-refractivity contribution is -0.138. The van der Waals surface area contributed by atoms with Crippen LogP contribution in [0.1, 0.15) is 19.6 Å². The van der Waals surface area contributed by atoms with Gasteiger partial charge in [-0.1, -0.05) is 0 Å². The van der Waals surface area contributed by atoms with E-state index in [1.165, 1.54) is 0 Å². The van der Waals surface area contributed by atoms with E-state index in [4.69, 9.17) is 29.2 Å². The van der Waals surface area contributed by atoms with Crippen LogP contribution < -0.4 is 17.2 Å². The van der Waals surface area contributed by atoms with E-state index in [0.29, 0.717) is 0 Å². The highest BCUT2D eigenvalue weighted by Crippen LogP contribution is 1.94. The van der Waals surface area contributed by atoms with E-state index in [1.54, 1.807) is 0 Å². The second-order valence-electron chi connectivity index (χ2n) is 1.82. The molecule has 0 fully saturated rings. The van der Waals surface area contributed by atoms with Crippen LogP contribution in [0, 0.1) is 0 Å². The summed E-state index contributed by atoms with van der Waals surface area (Å²) in [6, 6.07) is -1.89. The standard InChI is InChI=1S/C6H14N4O2/c7-4(5(11)12)2-1-3-10-6(8)9/h4H,1-3,7H2,(H,11,12)(H4,8,9,10)/i1D2,2+1D,3D2. The molecule has 0 aromatic carbocycles. The molecular formula is C6H14N4O2. The smallest absolute Gasteiger partial charge is 0.320 e. The summed E-state index contributed by atoms with van der Waals surface area (Å²) in [5.74, 6) is -2.33. The average molecular weight is 180 g/mol. The number of aliphatic carboxylic acids is 1. The summed E-state index contributed by atoms with van der Waals surface area (Å²) in [5.41, 5.74) is 14.9. The van der Waals surface area contributed by atoms with Crippen LogP contribution in [-0.2, 0) is 4.79 Å². The molecule has 0 saturated heterocycles. The van der Waals surface area contributed by atoms with Crippen molar-refractivity contribution in [1.29, 1.82) is 0 Å². The fraction of sp³-hybridized carbons (Fsp3) is 0.667. The minimum atomic E-state index is -2.96. The van der Waals surface area contributed by atoms with Crippen molar-refractivity contribution in [2.24, 2.45) is 22.2 Å². The van der Waals surface area contributed by atoms with Gasteiger partial charge in [0.25, 0.3) is 0 Å². The number of aliphatic imine (C=N–C) groups is 1. The lowest BCUT2D eigenvalue weighted by Gasteiger charge is -2.03. The van der Waals surface area contributed by atoms with Crippen molar-refractivity contribution < 1.29 is 16.8 Å². The Labute approximate surface area is 77.5 Å². The highest BCUT2D eigenvalue weighted by atomic mass is 16.4. The van der Waals surface area contributed by atoms with E-state index in [1.807, 2.05) is 0 Å². The first-order valence-corrected chi connectivity index (χ1v) is 2.95. The molecule has 0 bridgehead atoms. The maximum atomic E-state index is 10.5. The van der Waals surface area contributed by atoms with Gasteiger partial charge in [-0.3, -0.25) is 9.79 Å². The predicted molar refractivity (Wildman–Crippen MR) is 45.5 cm³/mol. The molecule has 0 aromatic heterocycles. The Bertz CT molecular complexity index is 330. The third-order valence-corrected chi connectivity index (χ3v) is 0.798. The second kappa shape index (κ2) is 5.36. The highest BCUT2D eigenvalue weighted by molar-refractivity contribution is 5.75. The lowest BCUT2D eigenvalue weighted by Crippen LogP contribution is -2.30. The molecule has 0 aliphatic carbocycles. The van der Waals surface area contributed by atoms with Crippen molar-refractivity contribution >= 4 is 11.9 Å². The Morgan fingerprint density at radius 3 is 2.67 bits per heavy atom. The number of carboxylic acid groups (broad SMARTS) is 1. The first kappa shape index (κ1) is 4.66. The quantitative estimate of drug-likeness (QED) is 0.231. The van der Waals surface area contributed by atoms with Gasteiger partial charge in [-0.25, -0.2) is 0 Å². The summed E-state index contributed by atoms with van der Waals surface area (Å²) in [6.45, 7) is -2.95. The Kier molecular flexibility index (Phi) is 2.08. The van der Waals surface area contributed by atoms with Crippen molar-refractivity contribution in [3.05, 3.63) is 0 Å². The van der Waals surface area contributed by atoms with Gasteiger partial charge in [-0.05, 0) is 12.8 Å². The van der Waals surface area contributed by atoms with Crippen LogP contribution in [0.15, 0.2) is 4.99 Å². The topological polar surface area (TPSA) is 128 Å². The molecule has 0 saturated carbocycles. The molecule has 0 heterocycles. The molecule has 0 amide bonds. The van der Waals surface area contributed by atoms with Gasteiger partial charge in [-0.2, -0.15) is 0 Å². The molecule has 6 nitrogen and oxygen atoms in total. The number of nitrogens with zero attached hydrogens (tertiary/aromatic N) is 1. The SMILES string of the molecule is [2H][13CH](C(N)C(=O)O)C([2H])([2H])C([2H])([2H])N=C(N)N. The average Bonchev–Trinajstić information content (AvgIpc) is 2.12. The number of guanidine groups is 1. The Hall–Kier alpha value is -1.30. The third-order valence-electron chi connectivity index (χ3n) is 0.798. The molecule has 0 spiro atoms. The number of nitrogens with two attached hydrogens (primary N) is 3. The zero-order valence-electron chi connectivity index (χ0n) is 11.2. The molecule has 0 aromatic rings. The number of carboxylic acids is 1. The molecule has 7 N–H and O–H groups in total. The van der Waals surface area contributed by atoms with Crippen LogP contribution in [0.2, 0.25) is 0 Å². The minimum Gasteiger partial charge on any atom is -0.480 e. The van der Waals surface area contributed by atoms with Gasteiger partial charge >= 0.3 is 5.97 Å². The molecule has 0 aliphatic rings. The maximum Gasteiger partial charge on any atom is 0.320 e. The Morgan fingerprint density at radius 2 is 2.25 bits per heavy atom. The van der Waals surface area contributed by atoms with Crippen molar-refractivity contribution in [3.63, 3.8) is 0 Å². The van der Waals surface area contributed by atoms with Gasteiger partial charge in [0.05, 0.1) is 2.74 Å². The maximum absolute atomic E-state index is 10.5. The summed E-state index contributed by atoms with van der Waals surface area (Å²) in [4.78, 5) is 13.5. The van der Waals surface area contributed by atoms with Crippen molar-refractivity contribution in [1.82, 2.24) is 0 Å². The molecule has 70 valence electrons. The molecule has 2 unspecified atom stereocenters. The van der Waals surface area contributed by atoms with Gasteiger partial charge in [0.15, 0.2) is 5.96 Å². The molecule has 0 radical (unpaired) electrons. The Balaban J connectivity index is 5.25. The van der Waals surface area contributed by atoms with Crippen LogP contribution in [0.5, 0.6) is 0 Å². The lowest BCUT2D eigenvalue weighted by atomic mass is 10.4. The molecule has 2 atom stereocenters. The van der Waals surface area contributed by atoms with Crippen molar-refractivity contribution in [2.45, 2.75) is 18.8 Å². The molecule has 12 heavy (non-hydrogen) atoms. The number of hydrogen-bond donors (Lipinski definition) is 4. The van der Waals surface area contributed by atoms with Gasteiger partial charge in [0.2, 0.25) is 0 Å². The normalized spacial score (nSPS) is 23.2. The van der Waals surface area contributed by atoms with Gasteiger partial charge in [-0.15, -0.1) is 0 Å². The third kappa shape index (κ3) is 5.48. The molecule has 6 heteroatoms. The fourth-order valence-corrected chi connectivity index (χ4v) is 0.295. The Morgan fingerprint density at radius 1 is 1.67 bits per heavy atom. The number of hydrogen-bond acceptors (Lipinski definition) is 3. The van der Waals surface area contributed by atoms with Crippen LogP contribution in [0.4, 0.5) is 0 Å². The van der Waals surface area contributed by atoms with Crippen molar-refractivity contribution in [3.8, 4) is 0 Å². The zero-order chi connectivity index (χ0) is 14.0. The summed E-state index contributed by atoms with van der Waals surface area (Å²) >= 11 is 0. The van der Waals surface area contributed by atoms with Gasteiger partial charge in [0, 0.05) is 10.6 Å². The van der Waals surface area contributed by atoms with Crippen LogP contribution in [-0.4, -0.2) is 29.6 Å².